The number of thioether (sulfide) groups is 1. The number of sulfone groups is 1. The zero-order chi connectivity index (χ0) is 17.2. The summed E-state index contributed by atoms with van der Waals surface area (Å²) in [5.74, 6) is 0.0203. The van der Waals surface area contributed by atoms with Crippen LogP contribution in [-0.4, -0.2) is 59.9 Å². The molecule has 1 unspecified atom stereocenters. The Labute approximate surface area is 138 Å². The predicted molar refractivity (Wildman–Crippen MR) is 86.4 cm³/mol. The van der Waals surface area contributed by atoms with E-state index in [1.807, 2.05) is 0 Å². The van der Waals surface area contributed by atoms with Gasteiger partial charge in [0.1, 0.15) is 17.1 Å². The highest BCUT2D eigenvalue weighted by Crippen LogP contribution is 2.24. The lowest BCUT2D eigenvalue weighted by atomic mass is 10.2. The quantitative estimate of drug-likeness (QED) is 0.810. The van der Waals surface area contributed by atoms with Crippen molar-refractivity contribution in [2.75, 3.05) is 24.3 Å². The molecule has 9 heteroatoms. The van der Waals surface area contributed by atoms with Gasteiger partial charge >= 0.3 is 5.97 Å². The maximum Gasteiger partial charge on any atom is 0.339 e. The Morgan fingerprint density at radius 2 is 2.17 bits per heavy atom. The van der Waals surface area contributed by atoms with E-state index in [-0.39, 0.29) is 40.5 Å². The standard InChI is InChI=1S/C14H19NO6S2/c1-9-12(14(17)18)5-10(21-9)6-15(2)13(16)7-22-11-3-4-23(19,20)8-11/h5,11H,3-4,6-8H2,1-2H3,(H,17,18). The molecule has 23 heavy (non-hydrogen) atoms. The summed E-state index contributed by atoms with van der Waals surface area (Å²) in [6.07, 6.45) is 0.587. The lowest BCUT2D eigenvalue weighted by Crippen LogP contribution is -2.28. The van der Waals surface area contributed by atoms with Gasteiger partial charge in [-0.1, -0.05) is 0 Å². The fraction of sp³-hybridized carbons (Fsp3) is 0.571. The van der Waals surface area contributed by atoms with E-state index in [2.05, 4.69) is 0 Å². The van der Waals surface area contributed by atoms with Crippen molar-refractivity contribution >= 4 is 33.5 Å². The van der Waals surface area contributed by atoms with Crippen molar-refractivity contribution in [1.29, 1.82) is 0 Å². The summed E-state index contributed by atoms with van der Waals surface area (Å²) in [7, 11) is -1.33. The molecule has 1 N–H and O–H groups in total. The molecular weight excluding hydrogens is 342 g/mol. The van der Waals surface area contributed by atoms with Gasteiger partial charge in [-0.05, 0) is 19.4 Å². The Morgan fingerprint density at radius 3 is 2.70 bits per heavy atom. The van der Waals surface area contributed by atoms with E-state index in [0.717, 1.165) is 0 Å². The van der Waals surface area contributed by atoms with E-state index in [4.69, 9.17) is 9.52 Å². The largest absolute Gasteiger partial charge is 0.478 e. The fourth-order valence-electron chi connectivity index (χ4n) is 2.35. The van der Waals surface area contributed by atoms with Crippen LogP contribution in [-0.2, 0) is 21.2 Å². The summed E-state index contributed by atoms with van der Waals surface area (Å²) < 4.78 is 28.1. The number of aryl methyl sites for hydroxylation is 1. The molecule has 1 aliphatic heterocycles. The molecule has 1 fully saturated rings. The molecule has 2 heterocycles. The first-order valence-electron chi connectivity index (χ1n) is 7.06. The Hall–Kier alpha value is -1.48. The first kappa shape index (κ1) is 17.9. The van der Waals surface area contributed by atoms with Crippen LogP contribution in [0.2, 0.25) is 0 Å². The lowest BCUT2D eigenvalue weighted by molar-refractivity contribution is -0.127. The molecule has 0 bridgehead atoms. The maximum absolute atomic E-state index is 12.1. The maximum atomic E-state index is 12.1. The minimum Gasteiger partial charge on any atom is -0.478 e. The monoisotopic (exact) mass is 361 g/mol. The van der Waals surface area contributed by atoms with E-state index in [1.54, 1.807) is 14.0 Å². The van der Waals surface area contributed by atoms with Gasteiger partial charge in [0.25, 0.3) is 0 Å². The Balaban J connectivity index is 1.85. The molecule has 1 atom stereocenters. The van der Waals surface area contributed by atoms with Crippen molar-refractivity contribution in [2.24, 2.45) is 0 Å². The van der Waals surface area contributed by atoms with Crippen LogP contribution >= 0.6 is 11.8 Å². The van der Waals surface area contributed by atoms with Gasteiger partial charge in [-0.25, -0.2) is 13.2 Å². The van der Waals surface area contributed by atoms with Crippen LogP contribution in [0.15, 0.2) is 10.5 Å². The molecule has 128 valence electrons. The number of rotatable bonds is 6. The Kier molecular flexibility index (Phi) is 5.41. The van der Waals surface area contributed by atoms with E-state index < -0.39 is 15.8 Å². The van der Waals surface area contributed by atoms with Crippen LogP contribution in [0.4, 0.5) is 0 Å². The molecule has 1 saturated heterocycles. The molecule has 1 aliphatic rings. The van der Waals surface area contributed by atoms with Crippen molar-refractivity contribution in [3.63, 3.8) is 0 Å². The van der Waals surface area contributed by atoms with E-state index >= 15 is 0 Å². The normalized spacial score (nSPS) is 19.7. The molecule has 1 amide bonds. The van der Waals surface area contributed by atoms with Crippen molar-refractivity contribution in [2.45, 2.75) is 25.1 Å². The van der Waals surface area contributed by atoms with Crippen LogP contribution in [0.5, 0.6) is 0 Å². The van der Waals surface area contributed by atoms with E-state index in [1.165, 1.54) is 22.7 Å². The Bertz CT molecular complexity index is 709. The van der Waals surface area contributed by atoms with Gasteiger partial charge in [0.2, 0.25) is 5.91 Å². The van der Waals surface area contributed by atoms with Crippen LogP contribution in [0, 0.1) is 6.92 Å². The van der Waals surface area contributed by atoms with E-state index in [9.17, 15) is 18.0 Å². The number of amides is 1. The molecule has 2 rings (SSSR count). The zero-order valence-electron chi connectivity index (χ0n) is 12.9. The van der Waals surface area contributed by atoms with Crippen molar-refractivity contribution in [3.8, 4) is 0 Å². The van der Waals surface area contributed by atoms with Crippen LogP contribution in [0.25, 0.3) is 0 Å². The predicted octanol–water partition coefficient (Wildman–Crippen LogP) is 1.16. The smallest absolute Gasteiger partial charge is 0.339 e. The number of carboxylic acid groups (broad SMARTS) is 1. The minimum atomic E-state index is -2.94. The highest BCUT2D eigenvalue weighted by molar-refractivity contribution is 8.02. The second kappa shape index (κ2) is 6.96. The molecule has 0 saturated carbocycles. The molecule has 1 aromatic heterocycles. The summed E-state index contributed by atoms with van der Waals surface area (Å²) in [6.45, 7) is 1.74. The summed E-state index contributed by atoms with van der Waals surface area (Å²) >= 11 is 1.35. The van der Waals surface area contributed by atoms with Crippen molar-refractivity contribution in [1.82, 2.24) is 4.90 Å². The number of furan rings is 1. The molecule has 0 aromatic carbocycles. The molecule has 0 aliphatic carbocycles. The SMILES string of the molecule is Cc1oc(CN(C)C(=O)CSC2CCS(=O)(=O)C2)cc1C(=O)O. The molecular formula is C14H19NO6S2. The zero-order valence-corrected chi connectivity index (χ0v) is 14.6. The lowest BCUT2D eigenvalue weighted by Gasteiger charge is -2.16. The van der Waals surface area contributed by atoms with Gasteiger partial charge in [0, 0.05) is 12.3 Å². The van der Waals surface area contributed by atoms with Crippen LogP contribution < -0.4 is 0 Å². The third-order valence-electron chi connectivity index (χ3n) is 3.65. The van der Waals surface area contributed by atoms with Gasteiger partial charge in [-0.15, -0.1) is 11.8 Å². The second-order valence-corrected chi connectivity index (χ2v) is 9.09. The first-order valence-corrected chi connectivity index (χ1v) is 9.93. The van der Waals surface area contributed by atoms with Gasteiger partial charge in [0.15, 0.2) is 9.84 Å². The van der Waals surface area contributed by atoms with E-state index in [0.29, 0.717) is 17.9 Å². The number of nitrogens with zero attached hydrogens (tertiary/aromatic N) is 1. The highest BCUT2D eigenvalue weighted by atomic mass is 32.2. The van der Waals surface area contributed by atoms with Crippen LogP contribution in [0.3, 0.4) is 0 Å². The fourth-order valence-corrected chi connectivity index (χ4v) is 5.93. The molecule has 0 spiro atoms. The first-order chi connectivity index (χ1) is 10.7. The highest BCUT2D eigenvalue weighted by Gasteiger charge is 2.29. The third kappa shape index (κ3) is 4.74. The number of hydrogen-bond acceptors (Lipinski definition) is 6. The summed E-state index contributed by atoms with van der Waals surface area (Å²) in [6, 6.07) is 1.41. The van der Waals surface area contributed by atoms with Crippen molar-refractivity contribution in [3.05, 3.63) is 23.2 Å². The number of carbonyl (C=O) groups is 2. The van der Waals surface area contributed by atoms with Gasteiger partial charge in [0.05, 0.1) is 23.8 Å². The topological polar surface area (TPSA) is 105 Å². The molecule has 1 aromatic rings. The molecule has 0 radical (unpaired) electrons. The number of carboxylic acids is 1. The van der Waals surface area contributed by atoms with Crippen LogP contribution in [0.1, 0.15) is 28.3 Å². The van der Waals surface area contributed by atoms with Gasteiger partial charge < -0.3 is 14.4 Å². The number of carbonyl (C=O) groups excluding carboxylic acids is 1. The number of hydrogen-bond donors (Lipinski definition) is 1. The minimum absolute atomic E-state index is 0.0261. The van der Waals surface area contributed by atoms with Gasteiger partial charge in [-0.3, -0.25) is 4.79 Å². The molecule has 7 nitrogen and oxygen atoms in total. The average molecular weight is 361 g/mol. The second-order valence-electron chi connectivity index (χ2n) is 5.57. The summed E-state index contributed by atoms with van der Waals surface area (Å²) in [5, 5.41) is 8.95. The Morgan fingerprint density at radius 1 is 1.48 bits per heavy atom. The summed E-state index contributed by atoms with van der Waals surface area (Å²) in [5.41, 5.74) is 0.0892. The third-order valence-corrected chi connectivity index (χ3v) is 6.92. The summed E-state index contributed by atoms with van der Waals surface area (Å²) in [4.78, 5) is 24.5. The van der Waals surface area contributed by atoms with Crippen molar-refractivity contribution < 1.29 is 27.5 Å². The number of aromatic carboxylic acids is 1. The van der Waals surface area contributed by atoms with Gasteiger partial charge in [-0.2, -0.15) is 0 Å². The average Bonchev–Trinajstić information content (AvgIpc) is 2.98.